The lowest BCUT2D eigenvalue weighted by molar-refractivity contribution is -0.141. The van der Waals surface area contributed by atoms with Crippen molar-refractivity contribution in [2.24, 2.45) is 5.92 Å². The van der Waals surface area contributed by atoms with Gasteiger partial charge in [-0.05, 0) is 23.8 Å². The van der Waals surface area contributed by atoms with Crippen molar-refractivity contribution in [1.82, 2.24) is 4.90 Å². The maximum Gasteiger partial charge on any atom is 0.308 e. The molecule has 0 bridgehead atoms. The van der Waals surface area contributed by atoms with Crippen LogP contribution in [0, 0.1) is 5.92 Å². The third-order valence-corrected chi connectivity index (χ3v) is 4.77. The molecule has 1 aliphatic rings. The highest BCUT2D eigenvalue weighted by atomic mass is 35.5. The molecule has 1 aromatic heterocycles. The van der Waals surface area contributed by atoms with Crippen molar-refractivity contribution < 1.29 is 19.1 Å². The second kappa shape index (κ2) is 6.69. The van der Waals surface area contributed by atoms with Crippen molar-refractivity contribution in [2.75, 3.05) is 13.1 Å². The van der Waals surface area contributed by atoms with E-state index in [-0.39, 0.29) is 18.4 Å². The van der Waals surface area contributed by atoms with E-state index < -0.39 is 11.9 Å². The van der Waals surface area contributed by atoms with Crippen LogP contribution in [0.25, 0.3) is 0 Å². The van der Waals surface area contributed by atoms with Gasteiger partial charge in [0.2, 0.25) is 0 Å². The van der Waals surface area contributed by atoms with Gasteiger partial charge in [0.15, 0.2) is 0 Å². The number of furan rings is 1. The summed E-state index contributed by atoms with van der Waals surface area (Å²) in [6.07, 6.45) is 2.11. The number of carbonyl (C=O) groups is 2. The summed E-state index contributed by atoms with van der Waals surface area (Å²) in [5, 5.41) is 10.1. The van der Waals surface area contributed by atoms with E-state index in [4.69, 9.17) is 16.0 Å². The number of benzene rings is 1. The van der Waals surface area contributed by atoms with Crippen LogP contribution in [0.15, 0.2) is 41.0 Å². The van der Waals surface area contributed by atoms with Crippen LogP contribution in [-0.2, 0) is 11.2 Å². The first-order valence-corrected chi connectivity index (χ1v) is 8.23. The third-order valence-electron chi connectivity index (χ3n) is 4.52. The molecule has 3 rings (SSSR count). The number of aliphatic carboxylic acids is 1. The van der Waals surface area contributed by atoms with Gasteiger partial charge in [-0.2, -0.15) is 0 Å². The summed E-state index contributed by atoms with van der Waals surface area (Å²) in [7, 11) is 0. The first kappa shape index (κ1) is 16.6. The molecule has 2 heterocycles. The molecule has 0 unspecified atom stereocenters. The van der Waals surface area contributed by atoms with Crippen molar-refractivity contribution in [3.8, 4) is 0 Å². The SMILES string of the molecule is CCc1occc1C(=O)N1C[C@@H](C(=O)O)[C@H](c2ccc(Cl)cc2)C1. The molecular weight excluding hydrogens is 330 g/mol. The molecule has 0 aliphatic carbocycles. The first-order valence-electron chi connectivity index (χ1n) is 7.85. The summed E-state index contributed by atoms with van der Waals surface area (Å²) in [6.45, 7) is 2.47. The lowest BCUT2D eigenvalue weighted by atomic mass is 9.89. The molecule has 0 spiro atoms. The standard InChI is InChI=1S/C18H18ClNO4/c1-2-16-13(7-8-24-16)17(21)20-9-14(15(10-20)18(22)23)11-3-5-12(19)6-4-11/h3-8,14-15H,2,9-10H2,1H3,(H,22,23)/t14-,15+/m0/s1. The van der Waals surface area contributed by atoms with Crippen molar-refractivity contribution in [1.29, 1.82) is 0 Å². The maximum absolute atomic E-state index is 12.7. The molecule has 1 aromatic carbocycles. The molecule has 126 valence electrons. The highest BCUT2D eigenvalue weighted by molar-refractivity contribution is 6.30. The second-order valence-corrected chi connectivity index (χ2v) is 6.36. The normalized spacial score (nSPS) is 20.3. The van der Waals surface area contributed by atoms with Gasteiger partial charge in [-0.1, -0.05) is 30.7 Å². The molecule has 6 heteroatoms. The molecule has 0 saturated carbocycles. The van der Waals surface area contributed by atoms with Crippen molar-refractivity contribution in [3.63, 3.8) is 0 Å². The van der Waals surface area contributed by atoms with Crippen LogP contribution >= 0.6 is 11.6 Å². The van der Waals surface area contributed by atoms with Gasteiger partial charge in [-0.15, -0.1) is 0 Å². The average molecular weight is 348 g/mol. The van der Waals surface area contributed by atoms with Crippen LogP contribution in [0.1, 0.15) is 34.5 Å². The van der Waals surface area contributed by atoms with Gasteiger partial charge in [0.05, 0.1) is 17.7 Å². The van der Waals surface area contributed by atoms with Crippen LogP contribution in [0.3, 0.4) is 0 Å². The number of hydrogen-bond acceptors (Lipinski definition) is 3. The van der Waals surface area contributed by atoms with E-state index in [1.165, 1.54) is 6.26 Å². The molecule has 0 radical (unpaired) electrons. The topological polar surface area (TPSA) is 70.8 Å². The smallest absolute Gasteiger partial charge is 0.308 e. The number of hydrogen-bond donors (Lipinski definition) is 1. The van der Waals surface area contributed by atoms with Gasteiger partial charge in [0, 0.05) is 30.5 Å². The van der Waals surface area contributed by atoms with Crippen LogP contribution < -0.4 is 0 Å². The van der Waals surface area contributed by atoms with E-state index in [2.05, 4.69) is 0 Å². The van der Waals surface area contributed by atoms with Gasteiger partial charge in [-0.3, -0.25) is 9.59 Å². The third kappa shape index (κ3) is 3.04. The Labute approximate surface area is 144 Å². The minimum Gasteiger partial charge on any atom is -0.481 e. The summed E-state index contributed by atoms with van der Waals surface area (Å²) < 4.78 is 5.31. The summed E-state index contributed by atoms with van der Waals surface area (Å²) in [6, 6.07) is 8.78. The number of rotatable bonds is 4. The van der Waals surface area contributed by atoms with Crippen molar-refractivity contribution in [3.05, 3.63) is 58.5 Å². The van der Waals surface area contributed by atoms with Crippen LogP contribution in [-0.4, -0.2) is 35.0 Å². The predicted octanol–water partition coefficient (Wildman–Crippen LogP) is 3.44. The summed E-state index contributed by atoms with van der Waals surface area (Å²) in [5.41, 5.74) is 1.39. The fraction of sp³-hybridized carbons (Fsp3) is 0.333. The Morgan fingerprint density at radius 3 is 2.58 bits per heavy atom. The number of halogens is 1. The van der Waals surface area contributed by atoms with Crippen LogP contribution in [0.4, 0.5) is 0 Å². The molecule has 1 N–H and O–H groups in total. The van der Waals surface area contributed by atoms with Crippen LogP contribution in [0.2, 0.25) is 5.02 Å². The quantitative estimate of drug-likeness (QED) is 0.919. The molecular formula is C18H18ClNO4. The molecule has 1 fully saturated rings. The summed E-state index contributed by atoms with van der Waals surface area (Å²) in [4.78, 5) is 26.0. The second-order valence-electron chi connectivity index (χ2n) is 5.92. The van der Waals surface area contributed by atoms with Gasteiger partial charge in [0.1, 0.15) is 5.76 Å². The molecule has 1 aliphatic heterocycles. The number of carboxylic acids is 1. The number of carbonyl (C=O) groups excluding carboxylic acids is 1. The Morgan fingerprint density at radius 2 is 1.96 bits per heavy atom. The Hall–Kier alpha value is -2.27. The van der Waals surface area contributed by atoms with Gasteiger partial charge in [-0.25, -0.2) is 0 Å². The Kier molecular flexibility index (Phi) is 4.62. The molecule has 2 aromatic rings. The fourth-order valence-electron chi connectivity index (χ4n) is 3.24. The highest BCUT2D eigenvalue weighted by Crippen LogP contribution is 2.34. The number of amides is 1. The Balaban J connectivity index is 1.86. The minimum atomic E-state index is -0.895. The molecule has 1 saturated heterocycles. The zero-order chi connectivity index (χ0) is 17.3. The van der Waals surface area contributed by atoms with Gasteiger partial charge < -0.3 is 14.4 Å². The zero-order valence-electron chi connectivity index (χ0n) is 13.2. The lowest BCUT2D eigenvalue weighted by Crippen LogP contribution is -2.30. The largest absolute Gasteiger partial charge is 0.481 e. The van der Waals surface area contributed by atoms with E-state index in [1.807, 2.05) is 19.1 Å². The van der Waals surface area contributed by atoms with Crippen LogP contribution in [0.5, 0.6) is 0 Å². The highest BCUT2D eigenvalue weighted by Gasteiger charge is 2.41. The molecule has 5 nitrogen and oxygen atoms in total. The molecule has 1 amide bonds. The van der Waals surface area contributed by atoms with E-state index in [0.717, 1.165) is 5.56 Å². The lowest BCUT2D eigenvalue weighted by Gasteiger charge is -2.16. The number of likely N-dealkylation sites (tertiary alicyclic amines) is 1. The fourth-order valence-corrected chi connectivity index (χ4v) is 3.37. The number of carboxylic acid groups (broad SMARTS) is 1. The molecule has 2 atom stereocenters. The number of aryl methyl sites for hydroxylation is 1. The minimum absolute atomic E-state index is 0.177. The summed E-state index contributed by atoms with van der Waals surface area (Å²) >= 11 is 5.91. The summed E-state index contributed by atoms with van der Waals surface area (Å²) in [5.74, 6) is -1.33. The monoisotopic (exact) mass is 347 g/mol. The van der Waals surface area contributed by atoms with E-state index >= 15 is 0 Å². The van der Waals surface area contributed by atoms with E-state index in [9.17, 15) is 14.7 Å². The van der Waals surface area contributed by atoms with Gasteiger partial charge >= 0.3 is 5.97 Å². The van der Waals surface area contributed by atoms with Crippen molar-refractivity contribution in [2.45, 2.75) is 19.3 Å². The average Bonchev–Trinajstić information content (AvgIpc) is 3.21. The maximum atomic E-state index is 12.7. The molecule has 24 heavy (non-hydrogen) atoms. The van der Waals surface area contributed by atoms with Crippen molar-refractivity contribution >= 4 is 23.5 Å². The Bertz CT molecular complexity index is 753. The first-order chi connectivity index (χ1) is 11.5. The predicted molar refractivity (Wildman–Crippen MR) is 89.3 cm³/mol. The number of nitrogens with zero attached hydrogens (tertiary/aromatic N) is 1. The Morgan fingerprint density at radius 1 is 1.25 bits per heavy atom. The van der Waals surface area contributed by atoms with Gasteiger partial charge in [0.25, 0.3) is 5.91 Å². The zero-order valence-corrected chi connectivity index (χ0v) is 14.0. The van der Waals surface area contributed by atoms with E-state index in [0.29, 0.717) is 29.3 Å². The van der Waals surface area contributed by atoms with E-state index in [1.54, 1.807) is 23.1 Å².